The SMILES string of the molecule is COc1cc(C=NNC(=O)C(N)=O)ccc1OCCC(C)C. The Kier molecular flexibility index (Phi) is 6.88. The molecule has 120 valence electrons. The number of nitrogens with one attached hydrogen (secondary N) is 1. The predicted octanol–water partition coefficient (Wildman–Crippen LogP) is 1.06. The van der Waals surface area contributed by atoms with Gasteiger partial charge in [0.15, 0.2) is 11.5 Å². The van der Waals surface area contributed by atoms with Crippen LogP contribution in [0, 0.1) is 5.92 Å². The highest BCUT2D eigenvalue weighted by molar-refractivity contribution is 6.34. The molecule has 7 nitrogen and oxygen atoms in total. The van der Waals surface area contributed by atoms with Crippen molar-refractivity contribution in [1.29, 1.82) is 0 Å². The van der Waals surface area contributed by atoms with Crippen molar-refractivity contribution in [2.45, 2.75) is 20.3 Å². The molecule has 1 aromatic carbocycles. The van der Waals surface area contributed by atoms with Crippen LogP contribution in [0.2, 0.25) is 0 Å². The molecule has 0 bridgehead atoms. The van der Waals surface area contributed by atoms with Crippen LogP contribution < -0.4 is 20.6 Å². The van der Waals surface area contributed by atoms with Gasteiger partial charge in [-0.25, -0.2) is 5.43 Å². The topological polar surface area (TPSA) is 103 Å². The van der Waals surface area contributed by atoms with Gasteiger partial charge in [-0.15, -0.1) is 0 Å². The third kappa shape index (κ3) is 5.82. The molecule has 0 unspecified atom stereocenters. The molecular formula is C15H21N3O4. The van der Waals surface area contributed by atoms with Gasteiger partial charge in [-0.05, 0) is 36.1 Å². The zero-order valence-electron chi connectivity index (χ0n) is 13.0. The average molecular weight is 307 g/mol. The molecule has 0 atom stereocenters. The quantitative estimate of drug-likeness (QED) is 0.446. The monoisotopic (exact) mass is 307 g/mol. The summed E-state index contributed by atoms with van der Waals surface area (Å²) in [5, 5.41) is 3.63. The lowest BCUT2D eigenvalue weighted by molar-refractivity contribution is -0.137. The van der Waals surface area contributed by atoms with Gasteiger partial charge < -0.3 is 15.2 Å². The summed E-state index contributed by atoms with van der Waals surface area (Å²) in [5.74, 6) is -0.304. The Hall–Kier alpha value is -2.57. The Bertz CT molecular complexity index is 556. The van der Waals surface area contributed by atoms with E-state index in [0.717, 1.165) is 6.42 Å². The van der Waals surface area contributed by atoms with Crippen LogP contribution in [-0.4, -0.2) is 31.7 Å². The van der Waals surface area contributed by atoms with Gasteiger partial charge >= 0.3 is 11.8 Å². The molecule has 0 saturated heterocycles. The van der Waals surface area contributed by atoms with Crippen LogP contribution in [-0.2, 0) is 9.59 Å². The van der Waals surface area contributed by atoms with Crippen molar-refractivity contribution >= 4 is 18.0 Å². The maximum absolute atomic E-state index is 10.9. The van der Waals surface area contributed by atoms with Crippen LogP contribution in [0.1, 0.15) is 25.8 Å². The van der Waals surface area contributed by atoms with Crippen molar-refractivity contribution in [3.63, 3.8) is 0 Å². The predicted molar refractivity (Wildman–Crippen MR) is 82.9 cm³/mol. The number of hydrogen-bond acceptors (Lipinski definition) is 5. The number of methoxy groups -OCH3 is 1. The van der Waals surface area contributed by atoms with Crippen molar-refractivity contribution < 1.29 is 19.1 Å². The molecule has 2 amide bonds. The lowest BCUT2D eigenvalue weighted by Crippen LogP contribution is -2.32. The van der Waals surface area contributed by atoms with Crippen molar-refractivity contribution in [3.8, 4) is 11.5 Å². The second-order valence-electron chi connectivity index (χ2n) is 5.00. The van der Waals surface area contributed by atoms with Crippen molar-refractivity contribution in [2.75, 3.05) is 13.7 Å². The summed E-state index contributed by atoms with van der Waals surface area (Å²) in [7, 11) is 1.54. The van der Waals surface area contributed by atoms with E-state index < -0.39 is 11.8 Å². The van der Waals surface area contributed by atoms with Crippen molar-refractivity contribution in [1.82, 2.24) is 5.43 Å². The summed E-state index contributed by atoms with van der Waals surface area (Å²) in [6.45, 7) is 4.86. The van der Waals surface area contributed by atoms with Crippen LogP contribution in [0.15, 0.2) is 23.3 Å². The Labute approximate surface area is 129 Å². The van der Waals surface area contributed by atoms with E-state index in [1.807, 2.05) is 5.43 Å². The van der Waals surface area contributed by atoms with Crippen LogP contribution in [0.4, 0.5) is 0 Å². The van der Waals surface area contributed by atoms with Gasteiger partial charge in [0.25, 0.3) is 0 Å². The minimum absolute atomic E-state index is 0.561. The first-order valence-corrected chi connectivity index (χ1v) is 6.87. The molecule has 0 heterocycles. The molecule has 22 heavy (non-hydrogen) atoms. The van der Waals surface area contributed by atoms with E-state index in [4.69, 9.17) is 15.2 Å². The molecule has 1 rings (SSSR count). The zero-order valence-corrected chi connectivity index (χ0v) is 13.0. The van der Waals surface area contributed by atoms with Crippen LogP contribution >= 0.6 is 0 Å². The summed E-state index contributed by atoms with van der Waals surface area (Å²) in [6.07, 6.45) is 2.33. The molecule has 0 aliphatic heterocycles. The first kappa shape index (κ1) is 17.5. The Morgan fingerprint density at radius 3 is 2.68 bits per heavy atom. The second kappa shape index (κ2) is 8.66. The number of carbonyl (C=O) groups is 2. The molecule has 0 saturated carbocycles. The van der Waals surface area contributed by atoms with Crippen LogP contribution in [0.25, 0.3) is 0 Å². The Balaban J connectivity index is 2.69. The summed E-state index contributed by atoms with van der Waals surface area (Å²) < 4.78 is 10.9. The molecule has 0 aliphatic carbocycles. The summed E-state index contributed by atoms with van der Waals surface area (Å²) in [5.41, 5.74) is 7.48. The average Bonchev–Trinajstić information content (AvgIpc) is 2.47. The van der Waals surface area contributed by atoms with E-state index in [9.17, 15) is 9.59 Å². The van der Waals surface area contributed by atoms with Crippen LogP contribution in [0.3, 0.4) is 0 Å². The van der Waals surface area contributed by atoms with Gasteiger partial charge in [0.1, 0.15) is 0 Å². The molecule has 0 spiro atoms. The molecule has 7 heteroatoms. The lowest BCUT2D eigenvalue weighted by atomic mass is 10.1. The molecular weight excluding hydrogens is 286 g/mol. The maximum atomic E-state index is 10.9. The highest BCUT2D eigenvalue weighted by atomic mass is 16.5. The normalized spacial score (nSPS) is 10.7. The molecule has 1 aromatic rings. The van der Waals surface area contributed by atoms with Gasteiger partial charge in [-0.1, -0.05) is 13.8 Å². The zero-order chi connectivity index (χ0) is 16.5. The molecule has 0 aliphatic rings. The Morgan fingerprint density at radius 2 is 2.09 bits per heavy atom. The number of ether oxygens (including phenoxy) is 2. The number of amides is 2. The molecule has 0 fully saturated rings. The van der Waals surface area contributed by atoms with Gasteiger partial charge in [-0.2, -0.15) is 5.10 Å². The molecule has 0 aromatic heterocycles. The van der Waals surface area contributed by atoms with E-state index in [2.05, 4.69) is 18.9 Å². The smallest absolute Gasteiger partial charge is 0.329 e. The minimum atomic E-state index is -1.09. The first-order chi connectivity index (χ1) is 10.4. The number of hydrazone groups is 1. The molecule has 0 radical (unpaired) electrons. The number of nitrogens with zero attached hydrogens (tertiary/aromatic N) is 1. The Morgan fingerprint density at radius 1 is 1.36 bits per heavy atom. The maximum Gasteiger partial charge on any atom is 0.329 e. The second-order valence-corrected chi connectivity index (χ2v) is 5.00. The van der Waals surface area contributed by atoms with Crippen molar-refractivity contribution in [2.24, 2.45) is 16.8 Å². The third-order valence-electron chi connectivity index (χ3n) is 2.74. The van der Waals surface area contributed by atoms with E-state index in [0.29, 0.717) is 29.6 Å². The number of benzene rings is 1. The van der Waals surface area contributed by atoms with Gasteiger partial charge in [-0.3, -0.25) is 9.59 Å². The minimum Gasteiger partial charge on any atom is -0.493 e. The standard InChI is InChI=1S/C15H21N3O4/c1-10(2)6-7-22-12-5-4-11(8-13(12)21-3)9-17-18-15(20)14(16)19/h4-5,8-10H,6-7H2,1-3H3,(H2,16,19)(H,18,20). The van der Waals surface area contributed by atoms with Gasteiger partial charge in [0.2, 0.25) is 0 Å². The van der Waals surface area contributed by atoms with Gasteiger partial charge in [0, 0.05) is 0 Å². The number of carbonyl (C=O) groups excluding carboxylic acids is 2. The highest BCUT2D eigenvalue weighted by Gasteiger charge is 2.07. The van der Waals surface area contributed by atoms with Gasteiger partial charge in [0.05, 0.1) is 19.9 Å². The number of nitrogens with two attached hydrogens (primary N) is 1. The fourth-order valence-corrected chi connectivity index (χ4v) is 1.51. The third-order valence-corrected chi connectivity index (χ3v) is 2.74. The van der Waals surface area contributed by atoms with Crippen LogP contribution in [0.5, 0.6) is 11.5 Å². The summed E-state index contributed by atoms with van der Waals surface area (Å²) in [6, 6.07) is 5.23. The van der Waals surface area contributed by atoms with Crippen molar-refractivity contribution in [3.05, 3.63) is 23.8 Å². The fourth-order valence-electron chi connectivity index (χ4n) is 1.51. The number of hydrogen-bond donors (Lipinski definition) is 2. The fraction of sp³-hybridized carbons (Fsp3) is 0.400. The summed E-state index contributed by atoms with van der Waals surface area (Å²) in [4.78, 5) is 21.5. The largest absolute Gasteiger partial charge is 0.493 e. The van der Waals surface area contributed by atoms with E-state index in [1.54, 1.807) is 25.3 Å². The lowest BCUT2D eigenvalue weighted by Gasteiger charge is -2.12. The van der Waals surface area contributed by atoms with E-state index in [-0.39, 0.29) is 0 Å². The highest BCUT2D eigenvalue weighted by Crippen LogP contribution is 2.27. The first-order valence-electron chi connectivity index (χ1n) is 6.87. The number of primary amides is 1. The summed E-state index contributed by atoms with van der Waals surface area (Å²) >= 11 is 0. The number of rotatable bonds is 7. The van der Waals surface area contributed by atoms with E-state index in [1.165, 1.54) is 6.21 Å². The van der Waals surface area contributed by atoms with E-state index >= 15 is 0 Å². The molecule has 3 N–H and O–H groups in total.